The van der Waals surface area contributed by atoms with E-state index in [-0.39, 0.29) is 24.7 Å². The summed E-state index contributed by atoms with van der Waals surface area (Å²) in [5, 5.41) is 0.858. The van der Waals surface area contributed by atoms with E-state index in [1.807, 2.05) is 36.4 Å². The molecule has 5 atom stereocenters. The van der Waals surface area contributed by atoms with E-state index < -0.39 is 12.1 Å². The molecule has 2 saturated carbocycles. The van der Waals surface area contributed by atoms with E-state index in [0.717, 1.165) is 44.5 Å². The Balaban J connectivity index is 1.01. The predicted molar refractivity (Wildman–Crippen MR) is 190 cm³/mol. The molecule has 2 aromatic heterocycles. The number of fused-ring (bicyclic) bond motifs is 1. The molecule has 0 radical (unpaired) electrons. The number of nitrogens with one attached hydrogen (secondary N) is 1. The van der Waals surface area contributed by atoms with Gasteiger partial charge in [0.25, 0.3) is 0 Å². The Morgan fingerprint density at radius 1 is 1.04 bits per heavy atom. The number of carbonyl (C=O) groups excluding carboxylic acids is 2. The average molecular weight is 731 g/mol. The molecule has 3 aliphatic heterocycles. The van der Waals surface area contributed by atoms with Gasteiger partial charge in [-0.1, -0.05) is 41.4 Å². The Kier molecular flexibility index (Phi) is 9.25. The van der Waals surface area contributed by atoms with E-state index >= 15 is 0 Å². The average Bonchev–Trinajstić information content (AvgIpc) is 4.07. The molecule has 0 spiro atoms. The summed E-state index contributed by atoms with van der Waals surface area (Å²) in [6, 6.07) is 16.2. The summed E-state index contributed by atoms with van der Waals surface area (Å²) in [7, 11) is 1.60. The maximum atomic E-state index is 13.7. The van der Waals surface area contributed by atoms with Crippen molar-refractivity contribution in [3.05, 3.63) is 112 Å². The van der Waals surface area contributed by atoms with E-state index in [2.05, 4.69) is 14.9 Å². The molecule has 4 aromatic rings. The van der Waals surface area contributed by atoms with Gasteiger partial charge in [-0.3, -0.25) is 14.8 Å². The molecule has 5 fully saturated rings. The SMILES string of the molecule is COc1ccc([C@@H](Cc2c(Cl)c[nH+]cc2Cl)OC(=O)c2ccc(CN(C(=O)O[C@]34CN5CCC3C4C5)c3cccnc3)cc2)cc1OCC1CC1. The van der Waals surface area contributed by atoms with E-state index in [1.165, 1.54) is 0 Å². The van der Waals surface area contributed by atoms with Crippen LogP contribution in [0, 0.1) is 17.8 Å². The number of pyridine rings is 2. The van der Waals surface area contributed by atoms with Crippen LogP contribution in [-0.4, -0.2) is 60.9 Å². The molecule has 10 nitrogen and oxygen atoms in total. The first-order chi connectivity index (χ1) is 24.8. The van der Waals surface area contributed by atoms with Crippen LogP contribution in [0.4, 0.5) is 10.5 Å². The Bertz CT molecular complexity index is 1900. The van der Waals surface area contributed by atoms with Gasteiger partial charge in [0.2, 0.25) is 0 Å². The van der Waals surface area contributed by atoms with E-state index in [9.17, 15) is 9.59 Å². The Morgan fingerprint density at radius 3 is 2.49 bits per heavy atom. The first-order valence-electron chi connectivity index (χ1n) is 17.4. The highest BCUT2D eigenvalue weighted by molar-refractivity contribution is 6.35. The highest BCUT2D eigenvalue weighted by atomic mass is 35.5. The quantitative estimate of drug-likeness (QED) is 0.136. The van der Waals surface area contributed by atoms with Gasteiger partial charge in [0.15, 0.2) is 23.9 Å². The van der Waals surface area contributed by atoms with Crippen LogP contribution in [0.15, 0.2) is 79.4 Å². The van der Waals surface area contributed by atoms with Crippen LogP contribution in [0.2, 0.25) is 10.0 Å². The zero-order chi connectivity index (χ0) is 35.1. The van der Waals surface area contributed by atoms with Crippen molar-refractivity contribution in [1.29, 1.82) is 0 Å². The lowest BCUT2D eigenvalue weighted by molar-refractivity contribution is -0.377. The van der Waals surface area contributed by atoms with Crippen molar-refractivity contribution in [2.75, 3.05) is 38.3 Å². The van der Waals surface area contributed by atoms with Crippen molar-refractivity contribution >= 4 is 41.0 Å². The fourth-order valence-corrected chi connectivity index (χ4v) is 8.14. The molecule has 3 saturated heterocycles. The lowest BCUT2D eigenvalue weighted by atomic mass is 10.0. The minimum Gasteiger partial charge on any atom is -0.493 e. The Labute approximate surface area is 306 Å². The Hall–Kier alpha value is -4.38. The summed E-state index contributed by atoms with van der Waals surface area (Å²) < 4.78 is 24.1. The fourth-order valence-electron chi connectivity index (χ4n) is 7.61. The van der Waals surface area contributed by atoms with Gasteiger partial charge in [0.1, 0.15) is 21.8 Å². The second-order valence-electron chi connectivity index (χ2n) is 13.9. The number of hydrogen-bond donors (Lipinski definition) is 0. The number of amides is 1. The summed E-state index contributed by atoms with van der Waals surface area (Å²) in [5.41, 5.74) is 2.79. The second kappa shape index (κ2) is 14.0. The fraction of sp³-hybridized carbons (Fsp3) is 0.385. The topological polar surface area (TPSA) is 105 Å². The van der Waals surface area contributed by atoms with Gasteiger partial charge in [-0.05, 0) is 79.3 Å². The molecular formula is C39H39Cl2N4O6+. The number of nitrogens with zero attached hydrogens (tertiary/aromatic N) is 3. The number of aromatic nitrogens is 2. The standard InChI is InChI=1S/C39H38Cl2N4O6/c1-48-34-11-10-27(15-36(34)49-22-25-4-5-25)35(16-29-32(40)18-43-19-33(29)41)50-37(46)26-8-6-24(7-9-26)20-45(28-3-2-13-42-17-28)38(47)51-39-23-44-14-12-30(39)31(39)21-44/h2-3,6-11,13,15,17-19,25,30-31,35H,4-5,12,14,16,20-23H2,1H3/p+1/t30?,31?,35-,39-/m1/s1. The first-order valence-corrected chi connectivity index (χ1v) is 18.1. The molecule has 9 rings (SSSR count). The van der Waals surface area contributed by atoms with E-state index in [0.29, 0.717) is 68.3 Å². The summed E-state index contributed by atoms with van der Waals surface area (Å²) in [6.45, 7) is 3.72. The number of anilines is 1. The molecule has 5 heterocycles. The Morgan fingerprint density at radius 2 is 1.84 bits per heavy atom. The van der Waals surface area contributed by atoms with Crippen LogP contribution >= 0.6 is 23.2 Å². The van der Waals surface area contributed by atoms with Gasteiger partial charge < -0.3 is 18.9 Å². The number of halogens is 2. The van der Waals surface area contributed by atoms with Crippen molar-refractivity contribution in [3.8, 4) is 11.5 Å². The first kappa shape index (κ1) is 33.7. The lowest BCUT2D eigenvalue weighted by Crippen LogP contribution is -2.42. The van der Waals surface area contributed by atoms with Crippen molar-refractivity contribution < 1.29 is 33.5 Å². The minimum atomic E-state index is -0.743. The molecular weight excluding hydrogens is 691 g/mol. The molecule has 2 aliphatic carbocycles. The maximum absolute atomic E-state index is 13.7. The van der Waals surface area contributed by atoms with Gasteiger partial charge in [-0.25, -0.2) is 14.6 Å². The van der Waals surface area contributed by atoms with E-state index in [4.69, 9.17) is 42.1 Å². The molecule has 264 valence electrons. The summed E-state index contributed by atoms with van der Waals surface area (Å²) in [4.78, 5) is 38.6. The summed E-state index contributed by atoms with van der Waals surface area (Å²) >= 11 is 13.1. The van der Waals surface area contributed by atoms with Crippen molar-refractivity contribution in [1.82, 2.24) is 9.88 Å². The van der Waals surface area contributed by atoms with E-state index in [1.54, 1.807) is 55.0 Å². The molecule has 1 N–H and O–H groups in total. The molecule has 1 amide bonds. The third-order valence-corrected chi connectivity index (χ3v) is 11.3. The minimum absolute atomic E-state index is 0.230. The number of benzene rings is 2. The smallest absolute Gasteiger partial charge is 0.415 e. The third kappa shape index (κ3) is 6.97. The van der Waals surface area contributed by atoms with Gasteiger partial charge >= 0.3 is 12.1 Å². The van der Waals surface area contributed by atoms with Crippen LogP contribution in [0.1, 0.15) is 52.4 Å². The largest absolute Gasteiger partial charge is 0.493 e. The number of carbonyl (C=O) groups is 2. The summed E-state index contributed by atoms with van der Waals surface area (Å²) in [6.07, 6.45) is 9.08. The number of piperidine rings is 3. The van der Waals surface area contributed by atoms with Crippen molar-refractivity contribution in [2.45, 2.75) is 43.9 Å². The number of esters is 1. The second-order valence-corrected chi connectivity index (χ2v) is 14.8. The number of aromatic amines is 1. The number of ether oxygens (including phenoxy) is 4. The van der Waals surface area contributed by atoms with Crippen molar-refractivity contribution in [3.63, 3.8) is 0 Å². The van der Waals surface area contributed by atoms with Gasteiger partial charge in [-0.15, -0.1) is 0 Å². The number of hydrogen-bond acceptors (Lipinski definition) is 8. The third-order valence-electron chi connectivity index (χ3n) is 10.7. The zero-order valence-corrected chi connectivity index (χ0v) is 29.7. The summed E-state index contributed by atoms with van der Waals surface area (Å²) in [5.74, 6) is 2.07. The molecule has 3 unspecified atom stereocenters. The zero-order valence-electron chi connectivity index (χ0n) is 28.2. The van der Waals surface area contributed by atoms with Crippen LogP contribution in [0.3, 0.4) is 0 Å². The normalized spacial score (nSPS) is 23.2. The molecule has 12 heteroatoms. The molecule has 4 bridgehead atoms. The highest BCUT2D eigenvalue weighted by Gasteiger charge is 2.74. The highest BCUT2D eigenvalue weighted by Crippen LogP contribution is 2.63. The molecule has 51 heavy (non-hydrogen) atoms. The van der Waals surface area contributed by atoms with Crippen LogP contribution in [0.5, 0.6) is 11.5 Å². The van der Waals surface area contributed by atoms with Crippen molar-refractivity contribution in [2.24, 2.45) is 17.8 Å². The van der Waals surface area contributed by atoms with Gasteiger partial charge in [0.05, 0.1) is 37.7 Å². The van der Waals surface area contributed by atoms with Crippen LogP contribution in [0.25, 0.3) is 0 Å². The monoisotopic (exact) mass is 729 g/mol. The van der Waals surface area contributed by atoms with Gasteiger partial charge in [-0.2, -0.15) is 0 Å². The van der Waals surface area contributed by atoms with Crippen LogP contribution in [-0.2, 0) is 22.4 Å². The number of H-pyrrole nitrogens is 1. The lowest BCUT2D eigenvalue weighted by Gasteiger charge is -2.31. The number of rotatable bonds is 13. The van der Waals surface area contributed by atoms with Crippen LogP contribution < -0.4 is 19.4 Å². The molecule has 2 aromatic carbocycles. The molecule has 5 aliphatic rings. The maximum Gasteiger partial charge on any atom is 0.415 e. The predicted octanol–water partition coefficient (Wildman–Crippen LogP) is 6.99. The number of methoxy groups -OCH3 is 1. The van der Waals surface area contributed by atoms with Gasteiger partial charge in [0, 0.05) is 43.1 Å².